The van der Waals surface area contributed by atoms with Crippen LogP contribution in [0.1, 0.15) is 63.5 Å². The molecule has 0 saturated carbocycles. The average Bonchev–Trinajstić information content (AvgIpc) is 2.92. The standard InChI is InChI=1S/C30H39NO7/c1-3-4-5-6-13-18-26(33)35-21-25-28(36-19-23-14-9-7-10-15-23)29(27(30(34)38-25)31-22(2)32)37-20-24-16-11-8-12-17-24/h7-12,14-17,25,27-29H,3-6,13,18-21H2,1-2H3,(H,31,32)/t25-,27-,28-,29-/m1/s1. The first-order chi connectivity index (χ1) is 18.5. The van der Waals surface area contributed by atoms with Gasteiger partial charge in [0.2, 0.25) is 5.91 Å². The smallest absolute Gasteiger partial charge is 0.331 e. The van der Waals surface area contributed by atoms with E-state index in [1.807, 2.05) is 60.7 Å². The van der Waals surface area contributed by atoms with Gasteiger partial charge in [0.25, 0.3) is 0 Å². The van der Waals surface area contributed by atoms with E-state index in [1.54, 1.807) is 0 Å². The van der Waals surface area contributed by atoms with E-state index in [0.29, 0.717) is 6.42 Å². The van der Waals surface area contributed by atoms with Crippen LogP contribution in [0.15, 0.2) is 60.7 Å². The van der Waals surface area contributed by atoms with Gasteiger partial charge < -0.3 is 24.3 Å². The van der Waals surface area contributed by atoms with E-state index in [4.69, 9.17) is 18.9 Å². The predicted octanol–water partition coefficient (Wildman–Crippen LogP) is 4.49. The van der Waals surface area contributed by atoms with Crippen molar-refractivity contribution in [1.82, 2.24) is 5.32 Å². The number of rotatable bonds is 15. The molecule has 2 aromatic carbocycles. The van der Waals surface area contributed by atoms with Crippen LogP contribution in [-0.2, 0) is 46.5 Å². The Morgan fingerprint density at radius 1 is 0.842 bits per heavy atom. The van der Waals surface area contributed by atoms with Gasteiger partial charge in [-0.3, -0.25) is 9.59 Å². The molecular formula is C30H39NO7. The third-order valence-corrected chi connectivity index (χ3v) is 6.36. The Bertz CT molecular complexity index is 998. The van der Waals surface area contributed by atoms with Gasteiger partial charge in [0.15, 0.2) is 12.1 Å². The summed E-state index contributed by atoms with van der Waals surface area (Å²) in [7, 11) is 0. The molecule has 0 bridgehead atoms. The number of esters is 2. The molecule has 2 aromatic rings. The van der Waals surface area contributed by atoms with E-state index in [-0.39, 0.29) is 25.8 Å². The first kappa shape index (κ1) is 29.3. The highest BCUT2D eigenvalue weighted by molar-refractivity contribution is 5.84. The van der Waals surface area contributed by atoms with Crippen LogP contribution in [0, 0.1) is 0 Å². The molecule has 8 heteroatoms. The normalized spacial score (nSPS) is 20.9. The summed E-state index contributed by atoms with van der Waals surface area (Å²) in [4.78, 5) is 37.3. The number of benzene rings is 2. The Morgan fingerprint density at radius 2 is 1.42 bits per heavy atom. The number of ether oxygens (including phenoxy) is 4. The average molecular weight is 526 g/mol. The molecule has 1 saturated heterocycles. The number of unbranched alkanes of at least 4 members (excludes halogenated alkanes) is 4. The lowest BCUT2D eigenvalue weighted by atomic mass is 9.96. The largest absolute Gasteiger partial charge is 0.462 e. The second-order valence-corrected chi connectivity index (χ2v) is 9.52. The van der Waals surface area contributed by atoms with Crippen LogP contribution < -0.4 is 5.32 Å². The van der Waals surface area contributed by atoms with Gasteiger partial charge >= 0.3 is 11.9 Å². The van der Waals surface area contributed by atoms with Crippen LogP contribution in [0.3, 0.4) is 0 Å². The number of nitrogens with one attached hydrogen (secondary N) is 1. The van der Waals surface area contributed by atoms with Crippen LogP contribution in [-0.4, -0.2) is 48.8 Å². The van der Waals surface area contributed by atoms with Gasteiger partial charge in [0.1, 0.15) is 18.8 Å². The molecule has 1 aliphatic heterocycles. The Morgan fingerprint density at radius 3 is 2.00 bits per heavy atom. The summed E-state index contributed by atoms with van der Waals surface area (Å²) in [5.74, 6) is -1.39. The van der Waals surface area contributed by atoms with Crippen molar-refractivity contribution in [2.24, 2.45) is 0 Å². The maximum Gasteiger partial charge on any atom is 0.331 e. The molecule has 3 rings (SSSR count). The summed E-state index contributed by atoms with van der Waals surface area (Å²) in [6.07, 6.45) is 2.87. The molecule has 1 aliphatic rings. The van der Waals surface area contributed by atoms with Crippen molar-refractivity contribution in [3.05, 3.63) is 71.8 Å². The summed E-state index contributed by atoms with van der Waals surface area (Å²) in [5.41, 5.74) is 1.82. The molecule has 0 radical (unpaired) electrons. The van der Waals surface area contributed by atoms with Crippen LogP contribution >= 0.6 is 0 Å². The summed E-state index contributed by atoms with van der Waals surface area (Å²) >= 11 is 0. The highest BCUT2D eigenvalue weighted by Crippen LogP contribution is 2.26. The zero-order valence-electron chi connectivity index (χ0n) is 22.3. The number of cyclic esters (lactones) is 1. The summed E-state index contributed by atoms with van der Waals surface area (Å²) in [5, 5.41) is 2.65. The van der Waals surface area contributed by atoms with Gasteiger partial charge in [-0.15, -0.1) is 0 Å². The van der Waals surface area contributed by atoms with Crippen molar-refractivity contribution in [3.8, 4) is 0 Å². The molecule has 0 unspecified atom stereocenters. The lowest BCUT2D eigenvalue weighted by Crippen LogP contribution is -2.63. The van der Waals surface area contributed by atoms with Crippen molar-refractivity contribution >= 4 is 17.8 Å². The highest BCUT2D eigenvalue weighted by Gasteiger charge is 2.48. The van der Waals surface area contributed by atoms with Crippen molar-refractivity contribution < 1.29 is 33.3 Å². The quantitative estimate of drug-likeness (QED) is 0.270. The van der Waals surface area contributed by atoms with Gasteiger partial charge in [0.05, 0.1) is 13.2 Å². The Kier molecular flexibility index (Phi) is 12.3. The summed E-state index contributed by atoms with van der Waals surface area (Å²) in [6.45, 7) is 3.74. The molecular weight excluding hydrogens is 486 g/mol. The molecule has 206 valence electrons. The molecule has 1 heterocycles. The fourth-order valence-electron chi connectivity index (χ4n) is 4.36. The molecule has 8 nitrogen and oxygen atoms in total. The maximum absolute atomic E-state index is 13.0. The van der Waals surface area contributed by atoms with Gasteiger partial charge in [-0.2, -0.15) is 0 Å². The molecule has 1 amide bonds. The number of carbonyl (C=O) groups excluding carboxylic acids is 3. The van der Waals surface area contributed by atoms with Crippen LogP contribution in [0.2, 0.25) is 0 Å². The molecule has 0 aliphatic carbocycles. The van der Waals surface area contributed by atoms with Gasteiger partial charge in [-0.1, -0.05) is 93.3 Å². The first-order valence-electron chi connectivity index (χ1n) is 13.4. The Balaban J connectivity index is 1.74. The third-order valence-electron chi connectivity index (χ3n) is 6.36. The van der Waals surface area contributed by atoms with Crippen molar-refractivity contribution in [2.45, 2.75) is 89.9 Å². The summed E-state index contributed by atoms with van der Waals surface area (Å²) < 4.78 is 23.6. The van der Waals surface area contributed by atoms with Crippen LogP contribution in [0.25, 0.3) is 0 Å². The number of hydrogen-bond acceptors (Lipinski definition) is 7. The van der Waals surface area contributed by atoms with E-state index in [9.17, 15) is 14.4 Å². The fourth-order valence-corrected chi connectivity index (χ4v) is 4.36. The number of hydrogen-bond donors (Lipinski definition) is 1. The molecule has 4 atom stereocenters. The van der Waals surface area contributed by atoms with E-state index in [0.717, 1.165) is 43.2 Å². The van der Waals surface area contributed by atoms with Gasteiger partial charge in [-0.05, 0) is 17.5 Å². The molecule has 1 fully saturated rings. The van der Waals surface area contributed by atoms with Crippen molar-refractivity contribution in [1.29, 1.82) is 0 Å². The van der Waals surface area contributed by atoms with Crippen molar-refractivity contribution in [2.75, 3.05) is 6.61 Å². The zero-order valence-corrected chi connectivity index (χ0v) is 22.3. The lowest BCUT2D eigenvalue weighted by molar-refractivity contribution is -0.213. The minimum absolute atomic E-state index is 0.156. The first-order valence-corrected chi connectivity index (χ1v) is 13.4. The number of amides is 1. The minimum atomic E-state index is -1.07. The van der Waals surface area contributed by atoms with E-state index < -0.39 is 36.2 Å². The van der Waals surface area contributed by atoms with Gasteiger partial charge in [-0.25, -0.2) is 4.79 Å². The molecule has 38 heavy (non-hydrogen) atoms. The van der Waals surface area contributed by atoms with E-state index >= 15 is 0 Å². The Labute approximate surface area is 225 Å². The fraction of sp³-hybridized carbons (Fsp3) is 0.500. The SMILES string of the molecule is CCCCCCCC(=O)OC[C@H]1OC(=O)[C@H](NC(C)=O)[C@@H](OCc2ccccc2)[C@@H]1OCc1ccccc1. The highest BCUT2D eigenvalue weighted by atomic mass is 16.6. The second kappa shape index (κ2) is 15.9. The van der Waals surface area contributed by atoms with Crippen LogP contribution in [0.4, 0.5) is 0 Å². The second-order valence-electron chi connectivity index (χ2n) is 9.52. The van der Waals surface area contributed by atoms with E-state index in [2.05, 4.69) is 12.2 Å². The zero-order chi connectivity index (χ0) is 27.2. The number of carbonyl (C=O) groups is 3. The molecule has 0 aromatic heterocycles. The van der Waals surface area contributed by atoms with Gasteiger partial charge in [0, 0.05) is 13.3 Å². The molecule has 1 N–H and O–H groups in total. The predicted molar refractivity (Wildman–Crippen MR) is 142 cm³/mol. The van der Waals surface area contributed by atoms with Crippen molar-refractivity contribution in [3.63, 3.8) is 0 Å². The maximum atomic E-state index is 13.0. The summed E-state index contributed by atoms with van der Waals surface area (Å²) in [6, 6.07) is 18.0. The monoisotopic (exact) mass is 525 g/mol. The lowest BCUT2D eigenvalue weighted by Gasteiger charge is -2.41. The van der Waals surface area contributed by atoms with Crippen LogP contribution in [0.5, 0.6) is 0 Å². The topological polar surface area (TPSA) is 100 Å². The minimum Gasteiger partial charge on any atom is -0.462 e. The molecule has 0 spiro atoms. The Hall–Kier alpha value is -3.23. The third kappa shape index (κ3) is 9.58. The van der Waals surface area contributed by atoms with E-state index in [1.165, 1.54) is 6.92 Å².